The molecule has 0 saturated carbocycles. The molecule has 1 atom stereocenters. The molecule has 0 N–H and O–H groups in total. The van der Waals surface area contributed by atoms with E-state index in [2.05, 4.69) is 0 Å². The fraction of sp³-hybridized carbons (Fsp3) is 0.444. The summed E-state index contributed by atoms with van der Waals surface area (Å²) >= 11 is 6.20. The van der Waals surface area contributed by atoms with Crippen LogP contribution >= 0.6 is 11.6 Å². The van der Waals surface area contributed by atoms with Crippen molar-refractivity contribution in [3.8, 4) is 0 Å². The number of carbonyl (C=O) groups excluding carboxylic acids is 3. The highest BCUT2D eigenvalue weighted by atomic mass is 35.5. The Kier molecular flexibility index (Phi) is 9.43. The van der Waals surface area contributed by atoms with Crippen molar-refractivity contribution in [2.45, 2.75) is 71.1 Å². The Morgan fingerprint density at radius 1 is 1.02 bits per heavy atom. The molecule has 1 heterocycles. The van der Waals surface area contributed by atoms with Gasteiger partial charge in [0.15, 0.2) is 0 Å². The lowest BCUT2D eigenvalue weighted by molar-refractivity contribution is -0.143. The molecule has 0 bridgehead atoms. The van der Waals surface area contributed by atoms with Gasteiger partial charge in [-0.05, 0) is 75.1 Å². The maximum absolute atomic E-state index is 13.5. The van der Waals surface area contributed by atoms with E-state index < -0.39 is 71.9 Å². The number of anilines is 1. The minimum atomic E-state index is -5.08. The SMILES string of the molecule is CC(=O)CC(=O)N(Cc1cc(C(F)(F)F)cc(C(F)(F)F)c1)C1CCCN(C(=O)OC(C)C)c2cc(Cl)ccc21. The largest absolute Gasteiger partial charge is 0.446 e. The molecule has 1 aliphatic rings. The lowest BCUT2D eigenvalue weighted by Gasteiger charge is -2.33. The zero-order chi connectivity index (χ0) is 30.0. The van der Waals surface area contributed by atoms with Crippen molar-refractivity contribution in [1.29, 1.82) is 0 Å². The number of benzene rings is 2. The van der Waals surface area contributed by atoms with Crippen LogP contribution in [0.5, 0.6) is 0 Å². The van der Waals surface area contributed by atoms with Crippen LogP contribution in [0.3, 0.4) is 0 Å². The number of nitrogens with zero attached hydrogens (tertiary/aromatic N) is 2. The van der Waals surface area contributed by atoms with Gasteiger partial charge in [-0.3, -0.25) is 14.5 Å². The normalized spacial score (nSPS) is 15.9. The van der Waals surface area contributed by atoms with Crippen molar-refractivity contribution >= 4 is 35.1 Å². The third-order valence-corrected chi connectivity index (χ3v) is 6.39. The summed E-state index contributed by atoms with van der Waals surface area (Å²) < 4.78 is 86.3. The minimum Gasteiger partial charge on any atom is -0.446 e. The highest BCUT2D eigenvalue weighted by molar-refractivity contribution is 6.31. The number of ether oxygens (including phenoxy) is 1. The van der Waals surface area contributed by atoms with E-state index in [1.54, 1.807) is 13.8 Å². The second kappa shape index (κ2) is 12.1. The van der Waals surface area contributed by atoms with Gasteiger partial charge in [0, 0.05) is 18.1 Å². The van der Waals surface area contributed by atoms with Crippen molar-refractivity contribution in [1.82, 2.24) is 4.90 Å². The van der Waals surface area contributed by atoms with Crippen molar-refractivity contribution in [3.63, 3.8) is 0 Å². The van der Waals surface area contributed by atoms with Gasteiger partial charge in [0.05, 0.1) is 35.4 Å². The van der Waals surface area contributed by atoms with E-state index in [0.717, 1.165) is 11.8 Å². The number of alkyl halides is 6. The van der Waals surface area contributed by atoms with Crippen molar-refractivity contribution < 1.29 is 45.5 Å². The molecular weight excluding hydrogens is 566 g/mol. The van der Waals surface area contributed by atoms with E-state index >= 15 is 0 Å². The van der Waals surface area contributed by atoms with Gasteiger partial charge in [0.1, 0.15) is 5.78 Å². The zero-order valence-corrected chi connectivity index (χ0v) is 22.6. The van der Waals surface area contributed by atoms with Gasteiger partial charge in [0.2, 0.25) is 5.91 Å². The van der Waals surface area contributed by atoms with Gasteiger partial charge in [-0.2, -0.15) is 26.3 Å². The van der Waals surface area contributed by atoms with Crippen molar-refractivity contribution in [2.24, 2.45) is 0 Å². The summed E-state index contributed by atoms with van der Waals surface area (Å²) in [4.78, 5) is 40.4. The van der Waals surface area contributed by atoms with Crippen LogP contribution in [0.1, 0.15) is 68.3 Å². The van der Waals surface area contributed by atoms with Crippen LogP contribution in [0.4, 0.5) is 36.8 Å². The van der Waals surface area contributed by atoms with Crippen molar-refractivity contribution in [2.75, 3.05) is 11.4 Å². The smallest absolute Gasteiger partial charge is 0.416 e. The average Bonchev–Trinajstić information content (AvgIpc) is 2.99. The first-order chi connectivity index (χ1) is 18.5. The molecule has 0 saturated heterocycles. The molecular formula is C27H27ClF6N2O4. The molecule has 0 aromatic heterocycles. The van der Waals surface area contributed by atoms with Gasteiger partial charge in [-0.25, -0.2) is 4.79 Å². The highest BCUT2D eigenvalue weighted by Gasteiger charge is 2.38. The van der Waals surface area contributed by atoms with Crippen molar-refractivity contribution in [3.05, 3.63) is 63.7 Å². The molecule has 40 heavy (non-hydrogen) atoms. The fourth-order valence-electron chi connectivity index (χ4n) is 4.52. The zero-order valence-electron chi connectivity index (χ0n) is 21.8. The third kappa shape index (κ3) is 7.67. The summed E-state index contributed by atoms with van der Waals surface area (Å²) in [5.41, 5.74) is -2.81. The van der Waals surface area contributed by atoms with Crippen LogP contribution in [-0.2, 0) is 33.2 Å². The highest BCUT2D eigenvalue weighted by Crippen LogP contribution is 2.41. The molecule has 1 unspecified atom stereocenters. The summed E-state index contributed by atoms with van der Waals surface area (Å²) in [7, 11) is 0. The molecule has 0 fully saturated rings. The number of ketones is 1. The predicted octanol–water partition coefficient (Wildman–Crippen LogP) is 7.57. The van der Waals surface area contributed by atoms with E-state index in [9.17, 15) is 40.7 Å². The third-order valence-electron chi connectivity index (χ3n) is 6.16. The lowest BCUT2D eigenvalue weighted by atomic mass is 9.97. The van der Waals surface area contributed by atoms with Gasteiger partial charge in [-0.15, -0.1) is 0 Å². The predicted molar refractivity (Wildman–Crippen MR) is 135 cm³/mol. The molecule has 0 radical (unpaired) electrons. The Balaban J connectivity index is 2.15. The molecule has 2 aromatic carbocycles. The second-order valence-corrected chi connectivity index (χ2v) is 10.2. The quantitative estimate of drug-likeness (QED) is 0.256. The number of halogens is 7. The Labute approximate surface area is 231 Å². The molecule has 0 spiro atoms. The van der Waals surface area contributed by atoms with Gasteiger partial charge < -0.3 is 9.64 Å². The average molecular weight is 593 g/mol. The van der Waals surface area contributed by atoms with Crippen LogP contribution in [0.25, 0.3) is 0 Å². The topological polar surface area (TPSA) is 66.9 Å². The molecule has 13 heteroatoms. The maximum atomic E-state index is 13.5. The molecule has 3 rings (SSSR count). The van der Waals surface area contributed by atoms with E-state index in [1.807, 2.05) is 0 Å². The van der Waals surface area contributed by atoms with Crippen LogP contribution in [0.2, 0.25) is 5.02 Å². The minimum absolute atomic E-state index is 0.00634. The fourth-order valence-corrected chi connectivity index (χ4v) is 4.69. The number of fused-ring (bicyclic) bond motifs is 1. The number of Topliss-reactive ketones (excluding diaryl/α,β-unsaturated/α-hetero) is 1. The van der Waals surface area contributed by atoms with Crippen LogP contribution < -0.4 is 4.90 Å². The van der Waals surface area contributed by atoms with E-state index in [-0.39, 0.29) is 29.7 Å². The molecule has 2 aromatic rings. The summed E-state index contributed by atoms with van der Waals surface area (Å²) in [6.45, 7) is 3.95. The first-order valence-electron chi connectivity index (χ1n) is 12.3. The Hall–Kier alpha value is -3.28. The van der Waals surface area contributed by atoms with E-state index in [4.69, 9.17) is 16.3 Å². The number of hydrogen-bond donors (Lipinski definition) is 0. The summed E-state index contributed by atoms with van der Waals surface area (Å²) in [6.07, 6.45) is -11.4. The number of hydrogen-bond acceptors (Lipinski definition) is 4. The van der Waals surface area contributed by atoms with Gasteiger partial charge >= 0.3 is 18.4 Å². The van der Waals surface area contributed by atoms with Crippen LogP contribution in [0, 0.1) is 0 Å². The van der Waals surface area contributed by atoms with Crippen LogP contribution in [-0.4, -0.2) is 35.3 Å². The van der Waals surface area contributed by atoms with Gasteiger partial charge in [-0.1, -0.05) is 17.7 Å². The number of carbonyl (C=O) groups is 3. The first-order valence-corrected chi connectivity index (χ1v) is 12.7. The van der Waals surface area contributed by atoms with E-state index in [0.29, 0.717) is 24.1 Å². The molecule has 2 amide bonds. The monoisotopic (exact) mass is 592 g/mol. The first kappa shape index (κ1) is 31.3. The van der Waals surface area contributed by atoms with Crippen LogP contribution in [0.15, 0.2) is 36.4 Å². The summed E-state index contributed by atoms with van der Waals surface area (Å²) in [5.74, 6) is -1.33. The maximum Gasteiger partial charge on any atom is 0.416 e. The number of amides is 2. The Morgan fingerprint density at radius 2 is 1.62 bits per heavy atom. The molecule has 6 nitrogen and oxygen atoms in total. The second-order valence-electron chi connectivity index (χ2n) is 9.76. The lowest BCUT2D eigenvalue weighted by Crippen LogP contribution is -2.36. The molecule has 1 aliphatic heterocycles. The standard InChI is InChI=1S/C27H27ClF6N2O4/c1-15(2)40-25(39)35-8-4-5-22(21-7-6-20(28)13-23(21)35)36(24(38)9-16(3)37)14-17-10-18(26(29,30)31)12-19(11-17)27(32,33)34/h6-7,10-13,15,22H,4-5,8-9,14H2,1-3H3. The van der Waals surface area contributed by atoms with E-state index in [1.165, 1.54) is 23.1 Å². The molecule has 0 aliphatic carbocycles. The molecule has 218 valence electrons. The summed E-state index contributed by atoms with van der Waals surface area (Å²) in [5, 5.41) is 0.246. The Bertz CT molecular complexity index is 1250. The summed E-state index contributed by atoms with van der Waals surface area (Å²) in [6, 6.07) is 4.70. The van der Waals surface area contributed by atoms with Gasteiger partial charge in [0.25, 0.3) is 0 Å². The number of rotatable bonds is 6. The Morgan fingerprint density at radius 3 is 2.15 bits per heavy atom.